The van der Waals surface area contributed by atoms with Crippen LogP contribution in [0.3, 0.4) is 0 Å². The lowest BCUT2D eigenvalue weighted by atomic mass is 9.90. The van der Waals surface area contributed by atoms with E-state index in [2.05, 4.69) is 4.98 Å². The zero-order chi connectivity index (χ0) is 10.5. The van der Waals surface area contributed by atoms with Crippen molar-refractivity contribution in [2.75, 3.05) is 0 Å². The molecule has 1 saturated carbocycles. The van der Waals surface area contributed by atoms with Crippen LogP contribution in [-0.2, 0) is 0 Å². The third-order valence-corrected chi connectivity index (χ3v) is 3.37. The zero-order valence-corrected chi connectivity index (χ0v) is 9.10. The number of aliphatic hydroxyl groups is 1. The molecule has 1 aliphatic carbocycles. The Morgan fingerprint density at radius 1 is 1.20 bits per heavy atom. The van der Waals surface area contributed by atoms with Crippen LogP contribution in [0, 0.1) is 5.92 Å². The minimum absolute atomic E-state index is 0.309. The van der Waals surface area contributed by atoms with Crippen molar-refractivity contribution in [1.82, 2.24) is 4.98 Å². The Kier molecular flexibility index (Phi) is 3.73. The van der Waals surface area contributed by atoms with Gasteiger partial charge in [0.25, 0.3) is 0 Å². The molecule has 0 aliphatic heterocycles. The first-order valence-electron chi connectivity index (χ1n) is 5.96. The van der Waals surface area contributed by atoms with Crippen LogP contribution in [0.5, 0.6) is 0 Å². The van der Waals surface area contributed by atoms with Gasteiger partial charge >= 0.3 is 0 Å². The fourth-order valence-corrected chi connectivity index (χ4v) is 2.45. The molecule has 15 heavy (non-hydrogen) atoms. The third-order valence-electron chi connectivity index (χ3n) is 3.37. The van der Waals surface area contributed by atoms with E-state index in [9.17, 15) is 5.11 Å². The van der Waals surface area contributed by atoms with Gasteiger partial charge in [-0.3, -0.25) is 4.98 Å². The molecule has 0 amide bonds. The Balaban J connectivity index is 2.03. The molecule has 1 aromatic heterocycles. The number of aliphatic hydroxyl groups excluding tert-OH is 1. The molecule has 0 spiro atoms. The Labute approximate surface area is 91.4 Å². The SMILES string of the molecule is OC(c1cccnc1)C1CCCCCC1. The molecule has 1 fully saturated rings. The van der Waals surface area contributed by atoms with Gasteiger partial charge < -0.3 is 5.11 Å². The van der Waals surface area contributed by atoms with Crippen molar-refractivity contribution in [1.29, 1.82) is 0 Å². The molecule has 82 valence electrons. The van der Waals surface area contributed by atoms with Crippen LogP contribution in [0.2, 0.25) is 0 Å². The van der Waals surface area contributed by atoms with Crippen molar-refractivity contribution in [3.05, 3.63) is 30.1 Å². The van der Waals surface area contributed by atoms with E-state index < -0.39 is 0 Å². The third kappa shape index (κ3) is 2.78. The fraction of sp³-hybridized carbons (Fsp3) is 0.615. The second kappa shape index (κ2) is 5.26. The van der Waals surface area contributed by atoms with E-state index in [0.717, 1.165) is 18.4 Å². The molecule has 1 atom stereocenters. The van der Waals surface area contributed by atoms with Gasteiger partial charge in [0, 0.05) is 12.4 Å². The molecular weight excluding hydrogens is 186 g/mol. The summed E-state index contributed by atoms with van der Waals surface area (Å²) in [6.07, 6.45) is 10.7. The highest BCUT2D eigenvalue weighted by Crippen LogP contribution is 2.32. The lowest BCUT2D eigenvalue weighted by Crippen LogP contribution is -2.12. The lowest BCUT2D eigenvalue weighted by molar-refractivity contribution is 0.0985. The number of hydrogen-bond donors (Lipinski definition) is 1. The monoisotopic (exact) mass is 205 g/mol. The van der Waals surface area contributed by atoms with Crippen molar-refractivity contribution in [3.63, 3.8) is 0 Å². The second-order valence-corrected chi connectivity index (χ2v) is 4.48. The Morgan fingerprint density at radius 3 is 2.53 bits per heavy atom. The molecular formula is C13H19NO. The van der Waals surface area contributed by atoms with Gasteiger partial charge in [0.2, 0.25) is 0 Å². The molecule has 1 unspecified atom stereocenters. The van der Waals surface area contributed by atoms with Crippen molar-refractivity contribution < 1.29 is 5.11 Å². The maximum absolute atomic E-state index is 10.2. The van der Waals surface area contributed by atoms with Crippen LogP contribution in [0.15, 0.2) is 24.5 Å². The molecule has 1 aromatic rings. The first-order valence-corrected chi connectivity index (χ1v) is 5.96. The van der Waals surface area contributed by atoms with E-state index in [-0.39, 0.29) is 6.10 Å². The average molecular weight is 205 g/mol. The Bertz CT molecular complexity index is 278. The summed E-state index contributed by atoms with van der Waals surface area (Å²) in [5.74, 6) is 0.441. The van der Waals surface area contributed by atoms with E-state index in [0.29, 0.717) is 5.92 Å². The van der Waals surface area contributed by atoms with Gasteiger partial charge in [-0.2, -0.15) is 0 Å². The maximum Gasteiger partial charge on any atom is 0.0833 e. The van der Waals surface area contributed by atoms with E-state index in [1.807, 2.05) is 12.1 Å². The Morgan fingerprint density at radius 2 is 1.93 bits per heavy atom. The number of hydrogen-bond acceptors (Lipinski definition) is 2. The Hall–Kier alpha value is -0.890. The predicted molar refractivity (Wildman–Crippen MR) is 60.4 cm³/mol. The quantitative estimate of drug-likeness (QED) is 0.753. The van der Waals surface area contributed by atoms with Crippen molar-refractivity contribution >= 4 is 0 Å². The zero-order valence-electron chi connectivity index (χ0n) is 9.10. The molecule has 2 nitrogen and oxygen atoms in total. The van der Waals surface area contributed by atoms with Crippen LogP contribution in [0.4, 0.5) is 0 Å². The van der Waals surface area contributed by atoms with Gasteiger partial charge in [-0.15, -0.1) is 0 Å². The number of pyridine rings is 1. The molecule has 2 rings (SSSR count). The molecule has 1 heterocycles. The normalized spacial score (nSPS) is 20.9. The van der Waals surface area contributed by atoms with E-state index in [1.165, 1.54) is 25.7 Å². The van der Waals surface area contributed by atoms with Crippen LogP contribution < -0.4 is 0 Å². The van der Waals surface area contributed by atoms with Gasteiger partial charge in [0.15, 0.2) is 0 Å². The highest BCUT2D eigenvalue weighted by molar-refractivity contribution is 5.12. The van der Waals surface area contributed by atoms with Gasteiger partial charge in [0.1, 0.15) is 0 Å². The van der Waals surface area contributed by atoms with E-state index in [1.54, 1.807) is 12.4 Å². The first-order chi connectivity index (χ1) is 7.38. The second-order valence-electron chi connectivity index (χ2n) is 4.48. The molecule has 0 bridgehead atoms. The summed E-state index contributed by atoms with van der Waals surface area (Å²) in [5, 5.41) is 10.2. The van der Waals surface area contributed by atoms with Gasteiger partial charge in [-0.05, 0) is 30.4 Å². The summed E-state index contributed by atoms with van der Waals surface area (Å²) >= 11 is 0. The summed E-state index contributed by atoms with van der Waals surface area (Å²) in [6.45, 7) is 0. The van der Waals surface area contributed by atoms with Crippen LogP contribution in [-0.4, -0.2) is 10.1 Å². The largest absolute Gasteiger partial charge is 0.388 e. The average Bonchev–Trinajstić information content (AvgIpc) is 2.58. The minimum Gasteiger partial charge on any atom is -0.388 e. The van der Waals surface area contributed by atoms with Crippen LogP contribution in [0.1, 0.15) is 50.2 Å². The van der Waals surface area contributed by atoms with Crippen molar-refractivity contribution in [2.24, 2.45) is 5.92 Å². The summed E-state index contributed by atoms with van der Waals surface area (Å²) < 4.78 is 0. The standard InChI is InChI=1S/C13H19NO/c15-13(12-8-5-9-14-10-12)11-6-3-1-2-4-7-11/h5,8-11,13,15H,1-4,6-7H2. The van der Waals surface area contributed by atoms with E-state index >= 15 is 0 Å². The van der Waals surface area contributed by atoms with Gasteiger partial charge in [-0.25, -0.2) is 0 Å². The van der Waals surface area contributed by atoms with Gasteiger partial charge in [0.05, 0.1) is 6.10 Å². The summed E-state index contributed by atoms with van der Waals surface area (Å²) in [6, 6.07) is 3.87. The number of nitrogens with zero attached hydrogens (tertiary/aromatic N) is 1. The summed E-state index contributed by atoms with van der Waals surface area (Å²) in [7, 11) is 0. The van der Waals surface area contributed by atoms with Crippen LogP contribution >= 0.6 is 0 Å². The number of rotatable bonds is 2. The molecule has 0 radical (unpaired) electrons. The maximum atomic E-state index is 10.2. The molecule has 0 aromatic carbocycles. The number of aromatic nitrogens is 1. The minimum atomic E-state index is -0.309. The molecule has 0 saturated heterocycles. The van der Waals surface area contributed by atoms with Crippen LogP contribution in [0.25, 0.3) is 0 Å². The molecule has 1 aliphatic rings. The smallest absolute Gasteiger partial charge is 0.0833 e. The molecule has 1 N–H and O–H groups in total. The topological polar surface area (TPSA) is 33.1 Å². The van der Waals surface area contributed by atoms with Crippen molar-refractivity contribution in [2.45, 2.75) is 44.6 Å². The summed E-state index contributed by atoms with van der Waals surface area (Å²) in [5.41, 5.74) is 0.976. The first kappa shape index (κ1) is 10.6. The predicted octanol–water partition coefficient (Wildman–Crippen LogP) is 3.09. The van der Waals surface area contributed by atoms with Crippen molar-refractivity contribution in [3.8, 4) is 0 Å². The highest BCUT2D eigenvalue weighted by Gasteiger charge is 2.21. The van der Waals surface area contributed by atoms with E-state index in [4.69, 9.17) is 0 Å². The summed E-state index contributed by atoms with van der Waals surface area (Å²) in [4.78, 5) is 4.06. The molecule has 2 heteroatoms. The fourth-order valence-electron chi connectivity index (χ4n) is 2.45. The highest BCUT2D eigenvalue weighted by atomic mass is 16.3. The van der Waals surface area contributed by atoms with Gasteiger partial charge in [-0.1, -0.05) is 31.7 Å². The lowest BCUT2D eigenvalue weighted by Gasteiger charge is -2.21.